The Balaban J connectivity index is 1.88. The van der Waals surface area contributed by atoms with Crippen molar-refractivity contribution < 1.29 is 4.79 Å². The second-order valence-corrected chi connectivity index (χ2v) is 5.90. The highest BCUT2D eigenvalue weighted by Crippen LogP contribution is 2.26. The second-order valence-electron chi connectivity index (χ2n) is 5.90. The Morgan fingerprint density at radius 1 is 1.48 bits per heavy atom. The van der Waals surface area contributed by atoms with Crippen LogP contribution in [0.3, 0.4) is 0 Å². The molecule has 0 aromatic carbocycles. The molecule has 0 bridgehead atoms. The van der Waals surface area contributed by atoms with E-state index < -0.39 is 0 Å². The highest BCUT2D eigenvalue weighted by Gasteiger charge is 2.27. The molecule has 6 heteroatoms. The SMILES string of the molecule is C#C[C@H](NC(=O)N1CCC(c2nncn2C)CC1)C(C)C. The quantitative estimate of drug-likeness (QED) is 0.855. The van der Waals surface area contributed by atoms with E-state index in [4.69, 9.17) is 6.42 Å². The van der Waals surface area contributed by atoms with E-state index in [0.717, 1.165) is 31.8 Å². The first-order valence-electron chi connectivity index (χ1n) is 7.38. The zero-order valence-electron chi connectivity index (χ0n) is 12.9. The Bertz CT molecular complexity index is 522. The molecule has 6 nitrogen and oxygen atoms in total. The van der Waals surface area contributed by atoms with Crippen molar-refractivity contribution in [1.82, 2.24) is 25.0 Å². The Hall–Kier alpha value is -2.03. The van der Waals surface area contributed by atoms with Crippen molar-refractivity contribution in [1.29, 1.82) is 0 Å². The summed E-state index contributed by atoms with van der Waals surface area (Å²) >= 11 is 0. The molecule has 0 unspecified atom stereocenters. The minimum atomic E-state index is -0.214. The van der Waals surface area contributed by atoms with E-state index in [0.29, 0.717) is 5.92 Å². The zero-order valence-corrected chi connectivity index (χ0v) is 12.9. The largest absolute Gasteiger partial charge is 0.325 e. The number of rotatable bonds is 3. The molecule has 1 aliphatic rings. The lowest BCUT2D eigenvalue weighted by molar-refractivity contribution is 0.176. The van der Waals surface area contributed by atoms with E-state index >= 15 is 0 Å². The summed E-state index contributed by atoms with van der Waals surface area (Å²) < 4.78 is 1.95. The van der Waals surface area contributed by atoms with Crippen LogP contribution < -0.4 is 5.32 Å². The molecule has 1 aliphatic heterocycles. The lowest BCUT2D eigenvalue weighted by Gasteiger charge is -2.32. The fourth-order valence-corrected chi connectivity index (χ4v) is 2.63. The number of likely N-dealkylation sites (tertiary alicyclic amines) is 1. The molecule has 1 saturated heterocycles. The van der Waals surface area contributed by atoms with Crippen LogP contribution in [0, 0.1) is 18.3 Å². The molecule has 2 rings (SSSR count). The second kappa shape index (κ2) is 6.61. The van der Waals surface area contributed by atoms with Gasteiger partial charge < -0.3 is 14.8 Å². The predicted octanol–water partition coefficient (Wildman–Crippen LogP) is 1.36. The van der Waals surface area contributed by atoms with Gasteiger partial charge in [0.2, 0.25) is 0 Å². The lowest BCUT2D eigenvalue weighted by atomic mass is 9.96. The van der Waals surface area contributed by atoms with E-state index in [-0.39, 0.29) is 18.0 Å². The minimum absolute atomic E-state index is 0.0666. The third-order valence-corrected chi connectivity index (χ3v) is 4.02. The zero-order chi connectivity index (χ0) is 15.4. The van der Waals surface area contributed by atoms with Crippen molar-refractivity contribution in [2.45, 2.75) is 38.6 Å². The topological polar surface area (TPSA) is 63.1 Å². The number of nitrogens with zero attached hydrogens (tertiary/aromatic N) is 4. The number of amides is 2. The molecule has 0 spiro atoms. The normalized spacial score (nSPS) is 17.6. The number of hydrogen-bond acceptors (Lipinski definition) is 3. The monoisotopic (exact) mass is 289 g/mol. The number of carbonyl (C=O) groups excluding carboxylic acids is 1. The molecule has 21 heavy (non-hydrogen) atoms. The third-order valence-electron chi connectivity index (χ3n) is 4.02. The maximum Gasteiger partial charge on any atom is 0.318 e. The number of urea groups is 1. The molecule has 1 aromatic heterocycles. The van der Waals surface area contributed by atoms with Gasteiger partial charge in [0, 0.05) is 26.1 Å². The molecule has 1 atom stereocenters. The Morgan fingerprint density at radius 3 is 2.62 bits per heavy atom. The van der Waals surface area contributed by atoms with Gasteiger partial charge in [-0.2, -0.15) is 0 Å². The summed E-state index contributed by atoms with van der Waals surface area (Å²) in [5, 5.41) is 11.0. The van der Waals surface area contributed by atoms with Crippen LogP contribution in [-0.4, -0.2) is 44.8 Å². The van der Waals surface area contributed by atoms with E-state index in [1.165, 1.54) is 0 Å². The molecular weight excluding hydrogens is 266 g/mol. The summed E-state index contributed by atoms with van der Waals surface area (Å²) in [6.45, 7) is 5.45. The van der Waals surface area contributed by atoms with Crippen LogP contribution in [0.25, 0.3) is 0 Å². The molecule has 114 valence electrons. The highest BCUT2D eigenvalue weighted by atomic mass is 16.2. The average molecular weight is 289 g/mol. The van der Waals surface area contributed by atoms with Gasteiger partial charge in [-0.05, 0) is 18.8 Å². The van der Waals surface area contributed by atoms with Crippen molar-refractivity contribution in [3.63, 3.8) is 0 Å². The van der Waals surface area contributed by atoms with Crippen molar-refractivity contribution in [3.8, 4) is 12.3 Å². The number of aryl methyl sites for hydroxylation is 1. The van der Waals surface area contributed by atoms with Gasteiger partial charge in [0.15, 0.2) is 0 Å². The number of carbonyl (C=O) groups is 1. The van der Waals surface area contributed by atoms with Crippen LogP contribution in [-0.2, 0) is 7.05 Å². The van der Waals surface area contributed by atoms with Gasteiger partial charge in [-0.15, -0.1) is 16.6 Å². The smallest absolute Gasteiger partial charge is 0.318 e. The van der Waals surface area contributed by atoms with Gasteiger partial charge in [-0.3, -0.25) is 0 Å². The molecule has 0 radical (unpaired) electrons. The van der Waals surface area contributed by atoms with Crippen molar-refractivity contribution >= 4 is 6.03 Å². The predicted molar refractivity (Wildman–Crippen MR) is 80.5 cm³/mol. The number of terminal acetylenes is 1. The molecule has 0 aliphatic carbocycles. The minimum Gasteiger partial charge on any atom is -0.325 e. The number of hydrogen-bond donors (Lipinski definition) is 1. The van der Waals surface area contributed by atoms with Gasteiger partial charge in [0.1, 0.15) is 12.2 Å². The molecule has 2 heterocycles. The standard InChI is InChI=1S/C15H23N5O/c1-5-13(11(2)3)17-15(21)20-8-6-12(7-9-20)14-18-16-10-19(14)4/h1,10-13H,6-9H2,2-4H3,(H,17,21)/t13-/m0/s1. The molecular formula is C15H23N5O. The van der Waals surface area contributed by atoms with E-state index in [1.54, 1.807) is 6.33 Å². The van der Waals surface area contributed by atoms with Crippen molar-refractivity contribution in [2.75, 3.05) is 13.1 Å². The lowest BCUT2D eigenvalue weighted by Crippen LogP contribution is -2.48. The molecule has 1 aromatic rings. The molecule has 1 N–H and O–H groups in total. The number of nitrogens with one attached hydrogen (secondary N) is 1. The molecule has 0 saturated carbocycles. The van der Waals surface area contributed by atoms with Gasteiger partial charge >= 0.3 is 6.03 Å². The van der Waals surface area contributed by atoms with E-state index in [9.17, 15) is 4.79 Å². The number of piperidine rings is 1. The van der Waals surface area contributed by atoms with E-state index in [1.807, 2.05) is 30.4 Å². The van der Waals surface area contributed by atoms with E-state index in [2.05, 4.69) is 21.4 Å². The fourth-order valence-electron chi connectivity index (χ4n) is 2.63. The van der Waals surface area contributed by atoms with Gasteiger partial charge in [-0.25, -0.2) is 4.79 Å². The number of aromatic nitrogens is 3. The highest BCUT2D eigenvalue weighted by molar-refractivity contribution is 5.75. The summed E-state index contributed by atoms with van der Waals surface area (Å²) in [5.41, 5.74) is 0. The maximum absolute atomic E-state index is 12.2. The summed E-state index contributed by atoms with van der Waals surface area (Å²) in [6, 6.07) is -0.281. The molecule has 2 amide bonds. The Kier molecular flexibility index (Phi) is 4.84. The van der Waals surface area contributed by atoms with Gasteiger partial charge in [0.05, 0.1) is 6.04 Å². The fraction of sp³-hybridized carbons (Fsp3) is 0.667. The summed E-state index contributed by atoms with van der Waals surface area (Å²) in [7, 11) is 1.95. The van der Waals surface area contributed by atoms with Crippen LogP contribution in [0.1, 0.15) is 38.4 Å². The first-order chi connectivity index (χ1) is 10.0. The summed E-state index contributed by atoms with van der Waals surface area (Å²) in [6.07, 6.45) is 8.98. The van der Waals surface area contributed by atoms with Crippen LogP contribution in [0.4, 0.5) is 4.79 Å². The Labute approximate surface area is 125 Å². The molecule has 1 fully saturated rings. The average Bonchev–Trinajstić information content (AvgIpc) is 2.90. The van der Waals surface area contributed by atoms with Crippen LogP contribution in [0.5, 0.6) is 0 Å². The summed E-state index contributed by atoms with van der Waals surface area (Å²) in [5.74, 6) is 4.23. The first-order valence-corrected chi connectivity index (χ1v) is 7.38. The van der Waals surface area contributed by atoms with Crippen molar-refractivity contribution in [3.05, 3.63) is 12.2 Å². The van der Waals surface area contributed by atoms with Crippen molar-refractivity contribution in [2.24, 2.45) is 13.0 Å². The van der Waals surface area contributed by atoms with Gasteiger partial charge in [-0.1, -0.05) is 19.8 Å². The van der Waals surface area contributed by atoms with Crippen LogP contribution in [0.2, 0.25) is 0 Å². The third kappa shape index (κ3) is 3.54. The Morgan fingerprint density at radius 2 is 2.14 bits per heavy atom. The maximum atomic E-state index is 12.2. The van der Waals surface area contributed by atoms with Crippen LogP contribution >= 0.6 is 0 Å². The first kappa shape index (κ1) is 15.4. The van der Waals surface area contributed by atoms with Gasteiger partial charge in [0.25, 0.3) is 0 Å². The van der Waals surface area contributed by atoms with Crippen LogP contribution in [0.15, 0.2) is 6.33 Å². The summed E-state index contributed by atoms with van der Waals surface area (Å²) in [4.78, 5) is 14.1.